The molecular formula is C8H20CrOP. The van der Waals surface area contributed by atoms with Crippen molar-refractivity contribution in [1.29, 1.82) is 0 Å². The van der Waals surface area contributed by atoms with Crippen molar-refractivity contribution in [3.05, 3.63) is 0 Å². The van der Waals surface area contributed by atoms with Crippen molar-refractivity contribution in [3.63, 3.8) is 0 Å². The summed E-state index contributed by atoms with van der Waals surface area (Å²) in [5.41, 5.74) is 0. The zero-order valence-electron chi connectivity index (χ0n) is 7.64. The van der Waals surface area contributed by atoms with Crippen LogP contribution in [0.3, 0.4) is 0 Å². The van der Waals surface area contributed by atoms with Crippen LogP contribution in [0.5, 0.6) is 0 Å². The van der Waals surface area contributed by atoms with Gasteiger partial charge in [-0.25, -0.2) is 0 Å². The second-order valence-corrected chi connectivity index (χ2v) is 9.55. The van der Waals surface area contributed by atoms with E-state index in [0.29, 0.717) is 0 Å². The van der Waals surface area contributed by atoms with E-state index in [1.807, 2.05) is 0 Å². The molecule has 0 saturated carbocycles. The minimum absolute atomic E-state index is 0.397. The minimum atomic E-state index is -0.593. The second kappa shape index (κ2) is 8.86. The molecule has 0 heterocycles. The van der Waals surface area contributed by atoms with E-state index in [2.05, 4.69) is 13.8 Å². The van der Waals surface area contributed by atoms with Crippen LogP contribution in [-0.2, 0) is 18.3 Å². The van der Waals surface area contributed by atoms with E-state index in [9.17, 15) is 4.57 Å². The molecule has 0 aromatic rings. The first-order chi connectivity index (χ1) is 5.35. The molecule has 1 atom stereocenters. The second-order valence-electron chi connectivity index (χ2n) is 2.75. The van der Waals surface area contributed by atoms with Gasteiger partial charge in [-0.15, -0.1) is 0 Å². The Balaban J connectivity index is 3.33. The molecular weight excluding hydrogens is 195 g/mol. The molecule has 0 fully saturated rings. The predicted octanol–water partition coefficient (Wildman–Crippen LogP) is 3.71. The Kier molecular flexibility index (Phi) is 9.47. The van der Waals surface area contributed by atoms with Gasteiger partial charge in [0.05, 0.1) is 0 Å². The average molecular weight is 215 g/mol. The zero-order chi connectivity index (χ0) is 8.53. The van der Waals surface area contributed by atoms with Gasteiger partial charge in [0.2, 0.25) is 0 Å². The van der Waals surface area contributed by atoms with Gasteiger partial charge in [0.1, 0.15) is 0 Å². The molecule has 0 bridgehead atoms. The Bertz CT molecular complexity index is 90.1. The van der Waals surface area contributed by atoms with Gasteiger partial charge in [-0.05, 0) is 0 Å². The van der Waals surface area contributed by atoms with Gasteiger partial charge in [0, 0.05) is 0 Å². The van der Waals surface area contributed by atoms with Gasteiger partial charge in [0.25, 0.3) is 0 Å². The summed E-state index contributed by atoms with van der Waals surface area (Å²) in [6.45, 7) is 4.42. The van der Waals surface area contributed by atoms with Crippen LogP contribution in [0.2, 0.25) is 10.6 Å². The number of hydrogen-bond acceptors (Lipinski definition) is 1. The number of unbranched alkanes of at least 4 members (excludes halogenated alkanes) is 2. The fourth-order valence-corrected chi connectivity index (χ4v) is 5.70. The van der Waals surface area contributed by atoms with Crippen molar-refractivity contribution >= 4 is 7.11 Å². The Morgan fingerprint density at radius 2 is 1.55 bits per heavy atom. The van der Waals surface area contributed by atoms with Crippen LogP contribution in [0.4, 0.5) is 0 Å². The van der Waals surface area contributed by atoms with E-state index in [1.54, 1.807) is 0 Å². The Morgan fingerprint density at radius 1 is 1.09 bits per heavy atom. The number of rotatable bonds is 7. The van der Waals surface area contributed by atoms with Crippen molar-refractivity contribution < 1.29 is 18.3 Å². The van der Waals surface area contributed by atoms with E-state index in [1.165, 1.54) is 36.2 Å². The Morgan fingerprint density at radius 3 is 1.82 bits per heavy atom. The van der Waals surface area contributed by atoms with Crippen molar-refractivity contribution in [3.8, 4) is 0 Å². The van der Waals surface area contributed by atoms with Crippen LogP contribution in [0.25, 0.3) is 0 Å². The molecule has 1 nitrogen and oxygen atoms in total. The van der Waals surface area contributed by atoms with Gasteiger partial charge in [-0.1, -0.05) is 0 Å². The van der Waals surface area contributed by atoms with Crippen LogP contribution < -0.4 is 0 Å². The molecule has 0 radical (unpaired) electrons. The summed E-state index contributed by atoms with van der Waals surface area (Å²) in [5.74, 6) is 0. The third kappa shape index (κ3) is 7.13. The third-order valence-electron chi connectivity index (χ3n) is 1.66. The van der Waals surface area contributed by atoms with E-state index in [-0.39, 0.29) is 0 Å². The first kappa shape index (κ1) is 11.8. The van der Waals surface area contributed by atoms with Gasteiger partial charge in [0.15, 0.2) is 0 Å². The fourth-order valence-electron chi connectivity index (χ4n) is 0.858. The quantitative estimate of drug-likeness (QED) is 0.591. The molecule has 0 aromatic heterocycles. The fraction of sp³-hybridized carbons (Fsp3) is 1.00. The van der Waals surface area contributed by atoms with Crippen LogP contribution >= 0.6 is 7.11 Å². The zero-order valence-corrected chi connectivity index (χ0v) is 10.1. The molecule has 0 N–H and O–H groups in total. The maximum absolute atomic E-state index is 10.8. The Labute approximate surface area is 75.8 Å². The monoisotopic (exact) mass is 215 g/mol. The maximum atomic E-state index is 10.8. The first-order valence-electron chi connectivity index (χ1n) is 4.46. The summed E-state index contributed by atoms with van der Waals surface area (Å²) >= 11 is -0.593. The molecule has 0 rings (SSSR count). The molecule has 1 unspecified atom stereocenters. The topological polar surface area (TPSA) is 17.1 Å². The molecule has 0 saturated heterocycles. The van der Waals surface area contributed by atoms with Crippen LogP contribution in [0, 0.1) is 0 Å². The summed E-state index contributed by atoms with van der Waals surface area (Å²) < 4.78 is 10.8. The van der Waals surface area contributed by atoms with Gasteiger partial charge in [-0.2, -0.15) is 0 Å². The molecule has 0 amide bonds. The van der Waals surface area contributed by atoms with Crippen molar-refractivity contribution in [2.24, 2.45) is 0 Å². The Hall–Kier alpha value is 0.762. The molecule has 0 aliphatic heterocycles. The summed E-state index contributed by atoms with van der Waals surface area (Å²) in [6, 6.07) is 0. The van der Waals surface area contributed by atoms with Gasteiger partial charge >= 0.3 is 75.5 Å². The average Bonchev–Trinajstić information content (AvgIpc) is 2.05. The number of hydrogen-bond donors (Lipinski definition) is 0. The summed E-state index contributed by atoms with van der Waals surface area (Å²) in [6.07, 6.45) is 5.16. The van der Waals surface area contributed by atoms with Crippen LogP contribution in [0.15, 0.2) is 0 Å². The van der Waals surface area contributed by atoms with E-state index >= 15 is 0 Å². The van der Waals surface area contributed by atoms with Crippen molar-refractivity contribution in [2.75, 3.05) is 0 Å². The standard InChI is InChI=1S/2C4H9.Cr.H2OP/c2*1-3-4-2;;1-2/h2*1,3-4H2,2H3;;2H2/q;;-1;+1. The van der Waals surface area contributed by atoms with Crippen LogP contribution in [0.1, 0.15) is 39.5 Å². The van der Waals surface area contributed by atoms with E-state index in [0.717, 1.165) is 0 Å². The molecule has 0 aliphatic carbocycles. The van der Waals surface area contributed by atoms with Crippen LogP contribution in [-0.4, -0.2) is 0 Å². The van der Waals surface area contributed by atoms with E-state index in [4.69, 9.17) is 0 Å². The summed E-state index contributed by atoms with van der Waals surface area (Å²) in [4.78, 5) is 0. The first-order valence-corrected chi connectivity index (χ1v) is 9.42. The molecule has 0 spiro atoms. The molecule has 69 valence electrons. The normalized spacial score (nSPS) is 11.9. The third-order valence-corrected chi connectivity index (χ3v) is 7.69. The van der Waals surface area contributed by atoms with Gasteiger partial charge < -0.3 is 0 Å². The molecule has 11 heavy (non-hydrogen) atoms. The summed E-state index contributed by atoms with van der Waals surface area (Å²) in [5, 5.41) is 2.63. The van der Waals surface area contributed by atoms with Crippen molar-refractivity contribution in [1.82, 2.24) is 0 Å². The molecule has 3 heteroatoms. The molecule has 0 aromatic carbocycles. The van der Waals surface area contributed by atoms with Crippen molar-refractivity contribution in [2.45, 2.75) is 50.1 Å². The SMILES string of the molecule is CCC[CH2][Cr]([CH2]CCC)[PH2]=O. The van der Waals surface area contributed by atoms with E-state index < -0.39 is 20.8 Å². The summed E-state index contributed by atoms with van der Waals surface area (Å²) in [7, 11) is -0.397. The predicted molar refractivity (Wildman–Crippen MR) is 49.8 cm³/mol. The molecule has 0 aliphatic rings. The van der Waals surface area contributed by atoms with Gasteiger partial charge in [-0.3, -0.25) is 0 Å².